The van der Waals surface area contributed by atoms with Crippen molar-refractivity contribution in [1.29, 1.82) is 0 Å². The van der Waals surface area contributed by atoms with Crippen LogP contribution in [0.1, 0.15) is 43.4 Å². The van der Waals surface area contributed by atoms with Crippen molar-refractivity contribution < 1.29 is 0 Å². The van der Waals surface area contributed by atoms with Crippen molar-refractivity contribution >= 4 is 11.6 Å². The highest BCUT2D eigenvalue weighted by Crippen LogP contribution is 2.20. The summed E-state index contributed by atoms with van der Waals surface area (Å²) < 4.78 is 0. The van der Waals surface area contributed by atoms with Gasteiger partial charge in [-0.2, -0.15) is 0 Å². The molecule has 0 spiro atoms. The second-order valence-electron chi connectivity index (χ2n) is 5.11. The van der Waals surface area contributed by atoms with Crippen LogP contribution < -0.4 is 5.32 Å². The molecule has 2 aromatic rings. The molecule has 0 aliphatic heterocycles. The second kappa shape index (κ2) is 8.08. The normalized spacial score (nSPS) is 12.3. The molecule has 0 saturated carbocycles. The Morgan fingerprint density at radius 1 is 1.00 bits per heavy atom. The predicted octanol–water partition coefficient (Wildman–Crippen LogP) is 5.36. The maximum absolute atomic E-state index is 5.92. The van der Waals surface area contributed by atoms with Crippen LogP contribution in [-0.2, 0) is 6.54 Å². The topological polar surface area (TPSA) is 12.0 Å². The molecule has 0 radical (unpaired) electrons. The lowest BCUT2D eigenvalue weighted by Crippen LogP contribution is -2.20. The Morgan fingerprint density at radius 2 is 1.70 bits per heavy atom. The van der Waals surface area contributed by atoms with E-state index in [0.717, 1.165) is 11.6 Å². The van der Waals surface area contributed by atoms with Gasteiger partial charge in [0.1, 0.15) is 0 Å². The summed E-state index contributed by atoms with van der Waals surface area (Å²) in [6, 6.07) is 19.2. The van der Waals surface area contributed by atoms with E-state index in [1.165, 1.54) is 30.4 Å². The summed E-state index contributed by atoms with van der Waals surface area (Å²) >= 11 is 5.92. The van der Waals surface area contributed by atoms with Gasteiger partial charge >= 0.3 is 0 Å². The van der Waals surface area contributed by atoms with Gasteiger partial charge in [-0.1, -0.05) is 73.8 Å². The molecule has 0 aliphatic rings. The lowest BCUT2D eigenvalue weighted by molar-refractivity contribution is 0.480. The number of hydrogen-bond donors (Lipinski definition) is 1. The average Bonchev–Trinajstić information content (AvgIpc) is 2.50. The predicted molar refractivity (Wildman–Crippen MR) is 87.0 cm³/mol. The molecule has 1 nitrogen and oxygen atoms in total. The molecule has 1 atom stereocenters. The number of hydrogen-bond acceptors (Lipinski definition) is 1. The van der Waals surface area contributed by atoms with Crippen molar-refractivity contribution in [3.05, 3.63) is 70.7 Å². The summed E-state index contributed by atoms with van der Waals surface area (Å²) in [4.78, 5) is 0. The van der Waals surface area contributed by atoms with Crippen LogP contribution in [0.25, 0.3) is 0 Å². The quantitative estimate of drug-likeness (QED) is 0.723. The minimum absolute atomic E-state index is 0.423. The summed E-state index contributed by atoms with van der Waals surface area (Å²) in [5.41, 5.74) is 2.64. The highest BCUT2D eigenvalue weighted by Gasteiger charge is 2.09. The van der Waals surface area contributed by atoms with Gasteiger partial charge in [-0.25, -0.2) is 0 Å². The molecule has 1 unspecified atom stereocenters. The minimum Gasteiger partial charge on any atom is -0.306 e. The van der Waals surface area contributed by atoms with Crippen LogP contribution in [0.5, 0.6) is 0 Å². The van der Waals surface area contributed by atoms with Gasteiger partial charge in [0.05, 0.1) is 0 Å². The third-order valence-electron chi connectivity index (χ3n) is 3.51. The molecule has 2 heteroatoms. The van der Waals surface area contributed by atoms with Crippen LogP contribution in [0.15, 0.2) is 54.6 Å². The monoisotopic (exact) mass is 287 g/mol. The Labute approximate surface area is 127 Å². The number of rotatable bonds is 7. The summed E-state index contributed by atoms with van der Waals surface area (Å²) in [6.45, 7) is 3.11. The molecule has 1 N–H and O–H groups in total. The van der Waals surface area contributed by atoms with Crippen molar-refractivity contribution in [1.82, 2.24) is 5.32 Å². The van der Waals surface area contributed by atoms with Gasteiger partial charge in [-0.05, 0) is 29.7 Å². The maximum Gasteiger partial charge on any atom is 0.0406 e. The van der Waals surface area contributed by atoms with E-state index in [0.29, 0.717) is 6.04 Å². The molecule has 0 bridgehead atoms. The molecular formula is C18H22ClN. The maximum atomic E-state index is 5.92. The summed E-state index contributed by atoms with van der Waals surface area (Å²) in [5.74, 6) is 0. The van der Waals surface area contributed by atoms with E-state index in [1.807, 2.05) is 12.1 Å². The molecule has 106 valence electrons. The Balaban J connectivity index is 1.99. The molecule has 0 heterocycles. The molecule has 0 amide bonds. The average molecular weight is 288 g/mol. The fourth-order valence-corrected chi connectivity index (χ4v) is 2.45. The SMILES string of the molecule is CCCCC(NCc1ccc(Cl)cc1)c1ccccc1. The van der Waals surface area contributed by atoms with Crippen LogP contribution >= 0.6 is 11.6 Å². The van der Waals surface area contributed by atoms with Crippen LogP contribution in [-0.4, -0.2) is 0 Å². The fraction of sp³-hybridized carbons (Fsp3) is 0.333. The van der Waals surface area contributed by atoms with E-state index in [-0.39, 0.29) is 0 Å². The van der Waals surface area contributed by atoms with Crippen molar-refractivity contribution in [2.75, 3.05) is 0 Å². The lowest BCUT2D eigenvalue weighted by atomic mass is 10.0. The van der Waals surface area contributed by atoms with Crippen molar-refractivity contribution in [2.24, 2.45) is 0 Å². The minimum atomic E-state index is 0.423. The number of benzene rings is 2. The first-order valence-corrected chi connectivity index (χ1v) is 7.70. The van der Waals surface area contributed by atoms with Crippen LogP contribution in [0.2, 0.25) is 5.02 Å². The summed E-state index contributed by atoms with van der Waals surface area (Å²) in [5, 5.41) is 4.45. The standard InChI is InChI=1S/C18H22ClN/c1-2-3-9-18(16-7-5-4-6-8-16)20-14-15-10-12-17(19)13-11-15/h4-8,10-13,18,20H,2-3,9,14H2,1H3. The smallest absolute Gasteiger partial charge is 0.0406 e. The van der Waals surface area contributed by atoms with E-state index in [4.69, 9.17) is 11.6 Å². The zero-order valence-corrected chi connectivity index (χ0v) is 12.7. The van der Waals surface area contributed by atoms with E-state index < -0.39 is 0 Å². The van der Waals surface area contributed by atoms with Crippen molar-refractivity contribution in [2.45, 2.75) is 38.8 Å². The fourth-order valence-electron chi connectivity index (χ4n) is 2.32. The molecule has 2 rings (SSSR count). The van der Waals surface area contributed by atoms with Gasteiger partial charge in [-0.3, -0.25) is 0 Å². The Kier molecular flexibility index (Phi) is 6.10. The highest BCUT2D eigenvalue weighted by molar-refractivity contribution is 6.30. The number of halogens is 1. The van der Waals surface area contributed by atoms with E-state index in [9.17, 15) is 0 Å². The highest BCUT2D eigenvalue weighted by atomic mass is 35.5. The molecule has 0 aliphatic carbocycles. The largest absolute Gasteiger partial charge is 0.306 e. The lowest BCUT2D eigenvalue weighted by Gasteiger charge is -2.19. The van der Waals surface area contributed by atoms with Crippen molar-refractivity contribution in [3.63, 3.8) is 0 Å². The van der Waals surface area contributed by atoms with E-state index in [1.54, 1.807) is 0 Å². The molecular weight excluding hydrogens is 266 g/mol. The molecule has 0 aromatic heterocycles. The summed E-state index contributed by atoms with van der Waals surface area (Å²) in [7, 11) is 0. The van der Waals surface area contributed by atoms with Crippen LogP contribution in [0.4, 0.5) is 0 Å². The summed E-state index contributed by atoms with van der Waals surface area (Å²) in [6.07, 6.45) is 3.65. The Bertz CT molecular complexity index is 493. The third-order valence-corrected chi connectivity index (χ3v) is 3.77. The molecule has 0 saturated heterocycles. The molecule has 0 fully saturated rings. The first kappa shape index (κ1) is 15.1. The number of unbranched alkanes of at least 4 members (excludes halogenated alkanes) is 1. The van der Waals surface area contributed by atoms with Gasteiger partial charge in [0.15, 0.2) is 0 Å². The van der Waals surface area contributed by atoms with Gasteiger partial charge in [0.2, 0.25) is 0 Å². The molecule has 20 heavy (non-hydrogen) atoms. The molecule has 2 aromatic carbocycles. The van der Waals surface area contributed by atoms with Gasteiger partial charge in [0.25, 0.3) is 0 Å². The van der Waals surface area contributed by atoms with E-state index in [2.05, 4.69) is 54.7 Å². The second-order valence-corrected chi connectivity index (χ2v) is 5.55. The third kappa shape index (κ3) is 4.66. The first-order valence-electron chi connectivity index (χ1n) is 7.32. The number of nitrogens with one attached hydrogen (secondary N) is 1. The van der Waals surface area contributed by atoms with Crippen molar-refractivity contribution in [3.8, 4) is 0 Å². The zero-order chi connectivity index (χ0) is 14.2. The van der Waals surface area contributed by atoms with Crippen LogP contribution in [0.3, 0.4) is 0 Å². The Hall–Kier alpha value is -1.31. The zero-order valence-electron chi connectivity index (χ0n) is 12.0. The Morgan fingerprint density at radius 3 is 2.35 bits per heavy atom. The first-order chi connectivity index (χ1) is 9.79. The van der Waals surface area contributed by atoms with Crippen LogP contribution in [0, 0.1) is 0 Å². The van der Waals surface area contributed by atoms with Gasteiger partial charge in [-0.15, -0.1) is 0 Å². The van der Waals surface area contributed by atoms with Gasteiger partial charge < -0.3 is 5.32 Å². The van der Waals surface area contributed by atoms with Gasteiger partial charge in [0, 0.05) is 17.6 Å². The van der Waals surface area contributed by atoms with E-state index >= 15 is 0 Å².